The summed E-state index contributed by atoms with van der Waals surface area (Å²) in [5, 5.41) is 9.42. The Morgan fingerprint density at radius 1 is 1.29 bits per heavy atom. The van der Waals surface area contributed by atoms with E-state index in [0.717, 1.165) is 32.1 Å². The molecule has 1 fully saturated rings. The van der Waals surface area contributed by atoms with Crippen LogP contribution in [0.15, 0.2) is 28.2 Å². The standard InChI is InChI=1S/C16H21N5O3/c1-24-12-6-5-10(9-11(12)13(22)23)21-15(18)19-14(17)20-16(21)7-3-2-4-8-16/h5-6,9H,2-4,7-8H2,1H3,(H,22,23)(H4,17,18,19,20). The lowest BCUT2D eigenvalue weighted by molar-refractivity contribution is 0.0693. The van der Waals surface area contributed by atoms with Crippen molar-refractivity contribution in [3.8, 4) is 5.75 Å². The number of carboxylic acid groups (broad SMARTS) is 1. The zero-order valence-electron chi connectivity index (χ0n) is 13.5. The summed E-state index contributed by atoms with van der Waals surface area (Å²) in [6.45, 7) is 0. The second-order valence-electron chi connectivity index (χ2n) is 6.01. The van der Waals surface area contributed by atoms with Gasteiger partial charge in [-0.05, 0) is 43.9 Å². The van der Waals surface area contributed by atoms with Gasteiger partial charge in [0, 0.05) is 5.69 Å². The van der Waals surface area contributed by atoms with Gasteiger partial charge in [-0.3, -0.25) is 4.90 Å². The van der Waals surface area contributed by atoms with Crippen LogP contribution < -0.4 is 21.1 Å². The number of aliphatic imine (C=N–C) groups is 2. The molecule has 1 aliphatic heterocycles. The third-order valence-electron chi connectivity index (χ3n) is 4.52. The van der Waals surface area contributed by atoms with E-state index in [9.17, 15) is 9.90 Å². The Hall–Kier alpha value is -2.77. The van der Waals surface area contributed by atoms with Crippen LogP contribution in [0.3, 0.4) is 0 Å². The highest BCUT2D eigenvalue weighted by Crippen LogP contribution is 2.40. The Bertz CT molecular complexity index is 722. The second kappa shape index (κ2) is 6.03. The predicted octanol–water partition coefficient (Wildman–Crippen LogP) is 1.50. The molecular formula is C16H21N5O3. The van der Waals surface area contributed by atoms with E-state index in [-0.39, 0.29) is 17.5 Å². The molecular weight excluding hydrogens is 310 g/mol. The first-order chi connectivity index (χ1) is 11.5. The molecule has 8 heteroatoms. The van der Waals surface area contributed by atoms with Gasteiger partial charge >= 0.3 is 5.97 Å². The average Bonchev–Trinajstić information content (AvgIpc) is 2.54. The van der Waals surface area contributed by atoms with E-state index in [1.54, 1.807) is 17.0 Å². The minimum atomic E-state index is -1.07. The molecule has 5 N–H and O–H groups in total. The molecule has 0 amide bonds. The fraction of sp³-hybridized carbons (Fsp3) is 0.438. The lowest BCUT2D eigenvalue weighted by Gasteiger charge is -2.45. The summed E-state index contributed by atoms with van der Waals surface area (Å²) >= 11 is 0. The Balaban J connectivity index is 2.10. The van der Waals surface area contributed by atoms with Gasteiger partial charge in [-0.2, -0.15) is 4.99 Å². The number of carboxylic acids is 1. The largest absolute Gasteiger partial charge is 0.496 e. The summed E-state index contributed by atoms with van der Waals surface area (Å²) in [6, 6.07) is 4.92. The molecule has 0 saturated heterocycles. The lowest BCUT2D eigenvalue weighted by atomic mass is 9.87. The van der Waals surface area contributed by atoms with E-state index in [2.05, 4.69) is 9.98 Å². The predicted molar refractivity (Wildman–Crippen MR) is 91.5 cm³/mol. The van der Waals surface area contributed by atoms with Crippen LogP contribution in [0.5, 0.6) is 5.75 Å². The zero-order valence-corrected chi connectivity index (χ0v) is 13.5. The van der Waals surface area contributed by atoms with Gasteiger partial charge in [0.2, 0.25) is 11.9 Å². The monoisotopic (exact) mass is 331 g/mol. The van der Waals surface area contributed by atoms with Gasteiger partial charge in [0.25, 0.3) is 0 Å². The number of guanidine groups is 2. The maximum absolute atomic E-state index is 11.5. The molecule has 0 unspecified atom stereocenters. The van der Waals surface area contributed by atoms with Crippen LogP contribution in [0.1, 0.15) is 42.5 Å². The lowest BCUT2D eigenvalue weighted by Crippen LogP contribution is -2.58. The molecule has 1 saturated carbocycles. The number of ether oxygens (including phenoxy) is 1. The first kappa shape index (κ1) is 16.1. The van der Waals surface area contributed by atoms with Gasteiger partial charge in [-0.1, -0.05) is 6.42 Å². The van der Waals surface area contributed by atoms with Gasteiger partial charge in [-0.15, -0.1) is 0 Å². The zero-order chi connectivity index (χ0) is 17.3. The van der Waals surface area contributed by atoms with Crippen molar-refractivity contribution in [3.05, 3.63) is 23.8 Å². The normalized spacial score (nSPS) is 19.6. The molecule has 0 atom stereocenters. The van der Waals surface area contributed by atoms with Crippen molar-refractivity contribution >= 4 is 23.6 Å². The number of anilines is 1. The maximum atomic E-state index is 11.5. The Morgan fingerprint density at radius 3 is 2.62 bits per heavy atom. The molecule has 2 aliphatic rings. The molecule has 1 aliphatic carbocycles. The van der Waals surface area contributed by atoms with Crippen LogP contribution in [-0.4, -0.2) is 35.8 Å². The number of methoxy groups -OCH3 is 1. The van der Waals surface area contributed by atoms with Gasteiger partial charge in [0.05, 0.1) is 7.11 Å². The molecule has 3 rings (SSSR count). The Labute approximate surface area is 139 Å². The topological polar surface area (TPSA) is 127 Å². The fourth-order valence-corrected chi connectivity index (χ4v) is 3.50. The van der Waals surface area contributed by atoms with Crippen LogP contribution in [0.4, 0.5) is 5.69 Å². The number of rotatable bonds is 3. The number of hydrogen-bond donors (Lipinski definition) is 3. The third-order valence-corrected chi connectivity index (χ3v) is 4.52. The van der Waals surface area contributed by atoms with Crippen LogP contribution >= 0.6 is 0 Å². The second-order valence-corrected chi connectivity index (χ2v) is 6.01. The quantitative estimate of drug-likeness (QED) is 0.770. The van der Waals surface area contributed by atoms with E-state index in [1.165, 1.54) is 13.2 Å². The van der Waals surface area contributed by atoms with Gasteiger partial charge < -0.3 is 21.3 Å². The molecule has 0 radical (unpaired) electrons. The summed E-state index contributed by atoms with van der Waals surface area (Å²) in [7, 11) is 1.44. The van der Waals surface area contributed by atoms with Crippen molar-refractivity contribution in [2.45, 2.75) is 37.8 Å². The SMILES string of the molecule is COc1ccc(N2C(N)=NC(N)=NC23CCCCC3)cc1C(=O)O. The van der Waals surface area contributed by atoms with Crippen LogP contribution in [0, 0.1) is 0 Å². The highest BCUT2D eigenvalue weighted by molar-refractivity contribution is 6.06. The van der Waals surface area contributed by atoms with Crippen molar-refractivity contribution in [1.29, 1.82) is 0 Å². The summed E-state index contributed by atoms with van der Waals surface area (Å²) in [6.07, 6.45) is 4.72. The first-order valence-electron chi connectivity index (χ1n) is 7.88. The van der Waals surface area contributed by atoms with Crippen molar-refractivity contribution in [2.24, 2.45) is 21.5 Å². The van der Waals surface area contributed by atoms with Crippen molar-refractivity contribution < 1.29 is 14.6 Å². The number of hydrogen-bond acceptors (Lipinski definition) is 7. The summed E-state index contributed by atoms with van der Waals surface area (Å²) < 4.78 is 5.12. The number of aromatic carboxylic acids is 1. The number of nitrogens with two attached hydrogens (primary N) is 2. The van der Waals surface area contributed by atoms with Crippen molar-refractivity contribution in [2.75, 3.05) is 12.0 Å². The summed E-state index contributed by atoms with van der Waals surface area (Å²) in [4.78, 5) is 22.0. The molecule has 0 bridgehead atoms. The van der Waals surface area contributed by atoms with E-state index < -0.39 is 11.6 Å². The van der Waals surface area contributed by atoms with E-state index in [4.69, 9.17) is 16.2 Å². The minimum absolute atomic E-state index is 0.0660. The highest BCUT2D eigenvalue weighted by Gasteiger charge is 2.42. The molecule has 8 nitrogen and oxygen atoms in total. The summed E-state index contributed by atoms with van der Waals surface area (Å²) in [5.74, 6) is -0.384. The van der Waals surface area contributed by atoms with Crippen molar-refractivity contribution in [1.82, 2.24) is 0 Å². The smallest absolute Gasteiger partial charge is 0.339 e. The maximum Gasteiger partial charge on any atom is 0.339 e. The number of benzene rings is 1. The highest BCUT2D eigenvalue weighted by atomic mass is 16.5. The van der Waals surface area contributed by atoms with E-state index >= 15 is 0 Å². The molecule has 1 aromatic rings. The molecule has 128 valence electrons. The van der Waals surface area contributed by atoms with Crippen LogP contribution in [-0.2, 0) is 0 Å². The van der Waals surface area contributed by atoms with E-state index in [1.807, 2.05) is 0 Å². The molecule has 0 aromatic heterocycles. The summed E-state index contributed by atoms with van der Waals surface area (Å²) in [5.41, 5.74) is 12.1. The Kier molecular flexibility index (Phi) is 4.04. The van der Waals surface area contributed by atoms with Gasteiger partial charge in [0.15, 0.2) is 0 Å². The van der Waals surface area contributed by atoms with Gasteiger partial charge in [0.1, 0.15) is 17.0 Å². The van der Waals surface area contributed by atoms with Crippen LogP contribution in [0.2, 0.25) is 0 Å². The Morgan fingerprint density at radius 2 is 2.00 bits per heavy atom. The van der Waals surface area contributed by atoms with Gasteiger partial charge in [-0.25, -0.2) is 9.79 Å². The average molecular weight is 331 g/mol. The third kappa shape index (κ3) is 2.64. The number of nitrogens with zero attached hydrogens (tertiary/aromatic N) is 3. The molecule has 1 aromatic carbocycles. The van der Waals surface area contributed by atoms with Crippen LogP contribution in [0.25, 0.3) is 0 Å². The van der Waals surface area contributed by atoms with Crippen molar-refractivity contribution in [3.63, 3.8) is 0 Å². The molecule has 24 heavy (non-hydrogen) atoms. The molecule has 1 spiro atoms. The minimum Gasteiger partial charge on any atom is -0.496 e. The fourth-order valence-electron chi connectivity index (χ4n) is 3.50. The van der Waals surface area contributed by atoms with E-state index in [0.29, 0.717) is 11.4 Å². The number of carbonyl (C=O) groups is 1. The molecule has 1 heterocycles. The first-order valence-corrected chi connectivity index (χ1v) is 7.88.